The predicted molar refractivity (Wildman–Crippen MR) is 76.4 cm³/mol. The van der Waals surface area contributed by atoms with E-state index in [2.05, 4.69) is 9.47 Å². The largest absolute Gasteiger partial charge is 0.470 e. The Morgan fingerprint density at radius 1 is 1.11 bits per heavy atom. The molecule has 1 aromatic heterocycles. The van der Waals surface area contributed by atoms with Gasteiger partial charge in [0.05, 0.1) is 12.0 Å². The van der Waals surface area contributed by atoms with Gasteiger partial charge in [0, 0.05) is 22.2 Å². The Bertz CT molecular complexity index is 891. The molecule has 0 spiro atoms. The van der Waals surface area contributed by atoms with Crippen molar-refractivity contribution < 1.29 is 49.9 Å². The Morgan fingerprint density at radius 3 is 2.11 bits per heavy atom. The summed E-state index contributed by atoms with van der Waals surface area (Å²) in [5.41, 5.74) is -0.731. The fourth-order valence-corrected chi connectivity index (χ4v) is 2.95. The zero-order chi connectivity index (χ0) is 20.8. The van der Waals surface area contributed by atoms with E-state index in [0.717, 1.165) is 19.2 Å². The molecule has 0 fully saturated rings. The Labute approximate surface area is 148 Å². The second kappa shape index (κ2) is 6.51. The van der Waals surface area contributed by atoms with E-state index in [4.69, 9.17) is 0 Å². The Kier molecular flexibility index (Phi) is 4.98. The first-order chi connectivity index (χ1) is 12.2. The van der Waals surface area contributed by atoms with Gasteiger partial charge in [0.25, 0.3) is 5.69 Å². The number of esters is 1. The van der Waals surface area contributed by atoms with Crippen LogP contribution in [0.4, 0.5) is 36.4 Å². The van der Waals surface area contributed by atoms with Crippen molar-refractivity contribution in [1.82, 2.24) is 0 Å². The quantitative estimate of drug-likeness (QED) is 0.308. The molecule has 0 aliphatic heterocycles. The van der Waals surface area contributed by atoms with Gasteiger partial charge in [0.2, 0.25) is 0 Å². The number of fused-ring (bicyclic) bond motifs is 1. The van der Waals surface area contributed by atoms with Crippen molar-refractivity contribution in [2.24, 2.45) is 0 Å². The van der Waals surface area contributed by atoms with Crippen molar-refractivity contribution in [3.63, 3.8) is 0 Å². The van der Waals surface area contributed by atoms with Crippen LogP contribution in [0.3, 0.4) is 0 Å². The van der Waals surface area contributed by atoms with E-state index in [1.54, 1.807) is 0 Å². The second-order valence-electron chi connectivity index (χ2n) is 4.88. The van der Waals surface area contributed by atoms with Gasteiger partial charge in [0.15, 0.2) is 10.6 Å². The predicted octanol–water partition coefficient (Wildman–Crippen LogP) is 4.77. The minimum absolute atomic E-state index is 0.164. The highest BCUT2D eigenvalue weighted by atomic mass is 32.1. The lowest BCUT2D eigenvalue weighted by molar-refractivity contribution is -0.405. The first-order valence-electron chi connectivity index (χ1n) is 6.53. The molecule has 0 amide bonds. The summed E-state index contributed by atoms with van der Waals surface area (Å²) >= 11 is 0.315. The number of hydrogen-bond donors (Lipinski definition) is 0. The van der Waals surface area contributed by atoms with Gasteiger partial charge >= 0.3 is 24.2 Å². The van der Waals surface area contributed by atoms with Gasteiger partial charge in [-0.15, -0.1) is 11.3 Å². The topological polar surface area (TPSA) is 78.7 Å². The molecule has 0 aliphatic rings. The van der Waals surface area contributed by atoms with Crippen LogP contribution < -0.4 is 4.74 Å². The number of rotatable bonds is 4. The van der Waals surface area contributed by atoms with Crippen LogP contribution in [0.5, 0.6) is 5.75 Å². The van der Waals surface area contributed by atoms with Crippen molar-refractivity contribution in [2.45, 2.75) is 18.2 Å². The number of halogens is 7. The number of methoxy groups -OCH3 is 1. The Morgan fingerprint density at radius 2 is 1.67 bits per heavy atom. The van der Waals surface area contributed by atoms with E-state index in [1.165, 1.54) is 0 Å². The minimum Gasteiger partial charge on any atom is -0.465 e. The number of carbonyl (C=O) groups excluding carboxylic acids is 1. The van der Waals surface area contributed by atoms with Crippen molar-refractivity contribution in [1.29, 1.82) is 0 Å². The van der Waals surface area contributed by atoms with Gasteiger partial charge in [-0.3, -0.25) is 10.1 Å². The third-order valence-electron chi connectivity index (χ3n) is 3.18. The number of nitro groups is 1. The maximum Gasteiger partial charge on any atom is 0.470 e. The zero-order valence-electron chi connectivity index (χ0n) is 12.8. The average Bonchev–Trinajstić information content (AvgIpc) is 2.89. The van der Waals surface area contributed by atoms with Crippen LogP contribution in [-0.2, 0) is 4.74 Å². The summed E-state index contributed by atoms with van der Waals surface area (Å²) in [6.45, 7) is 0. The number of carbonyl (C=O) groups is 1. The molecule has 1 heterocycles. The van der Waals surface area contributed by atoms with Crippen LogP contribution in [0.2, 0.25) is 0 Å². The fraction of sp³-hybridized carbons (Fsp3) is 0.308. The molecule has 0 saturated carbocycles. The van der Waals surface area contributed by atoms with E-state index in [0.29, 0.717) is 17.4 Å². The van der Waals surface area contributed by atoms with Crippen LogP contribution in [0.25, 0.3) is 10.1 Å². The molecule has 2 rings (SSSR count). The maximum absolute atomic E-state index is 13.9. The lowest BCUT2D eigenvalue weighted by Crippen LogP contribution is -2.57. The molecule has 0 bridgehead atoms. The summed E-state index contributed by atoms with van der Waals surface area (Å²) < 4.78 is 98.3. The Hall–Kier alpha value is -2.64. The normalized spacial score (nSPS) is 12.9. The van der Waals surface area contributed by atoms with Crippen molar-refractivity contribution in [2.75, 3.05) is 7.11 Å². The molecule has 0 unspecified atom stereocenters. The highest BCUT2D eigenvalue weighted by molar-refractivity contribution is 7.21. The third-order valence-corrected chi connectivity index (χ3v) is 4.31. The fourth-order valence-electron chi connectivity index (χ4n) is 1.92. The van der Waals surface area contributed by atoms with E-state index >= 15 is 0 Å². The van der Waals surface area contributed by atoms with Crippen LogP contribution in [0.1, 0.15) is 9.67 Å². The van der Waals surface area contributed by atoms with Gasteiger partial charge < -0.3 is 9.47 Å². The molecular formula is C13H6F7NO5S. The zero-order valence-corrected chi connectivity index (χ0v) is 13.6. The third kappa shape index (κ3) is 3.48. The molecular weight excluding hydrogens is 415 g/mol. The molecule has 2 aromatic rings. The standard InChI is InChI=1S/C13H6F7NO5S/c1-25-10(22)9-8(26-11(14,12(15,16)17)13(18,19)20)6-4-5(21(23)24)2-3-7(6)27-9/h2-4H,1H3. The molecule has 0 saturated heterocycles. The molecule has 0 radical (unpaired) electrons. The minimum atomic E-state index is -6.56. The number of nitrogens with zero attached hydrogens (tertiary/aromatic N) is 1. The summed E-state index contributed by atoms with van der Waals surface area (Å²) in [6.07, 6.45) is -13.1. The highest BCUT2D eigenvalue weighted by Crippen LogP contribution is 2.50. The maximum atomic E-state index is 13.9. The van der Waals surface area contributed by atoms with Crippen molar-refractivity contribution in [3.8, 4) is 5.75 Å². The van der Waals surface area contributed by atoms with Crippen LogP contribution >= 0.6 is 11.3 Å². The van der Waals surface area contributed by atoms with Gasteiger partial charge in [0.1, 0.15) is 0 Å². The molecule has 0 atom stereocenters. The van der Waals surface area contributed by atoms with Crippen molar-refractivity contribution >= 4 is 33.1 Å². The second-order valence-corrected chi connectivity index (χ2v) is 5.93. The molecule has 1 aromatic carbocycles. The number of hydrogen-bond acceptors (Lipinski definition) is 6. The molecule has 27 heavy (non-hydrogen) atoms. The highest BCUT2D eigenvalue weighted by Gasteiger charge is 2.76. The molecule has 0 N–H and O–H groups in total. The van der Waals surface area contributed by atoms with Crippen LogP contribution in [0, 0.1) is 10.1 Å². The SMILES string of the molecule is COC(=O)c1sc2ccc([N+](=O)[O-])cc2c1OC(F)(C(F)(F)F)C(F)(F)F. The van der Waals surface area contributed by atoms with E-state index in [1.807, 2.05) is 0 Å². The van der Waals surface area contributed by atoms with Crippen LogP contribution in [-0.4, -0.2) is 36.2 Å². The first-order valence-corrected chi connectivity index (χ1v) is 7.35. The molecule has 6 nitrogen and oxygen atoms in total. The van der Waals surface area contributed by atoms with Gasteiger partial charge in [-0.1, -0.05) is 0 Å². The van der Waals surface area contributed by atoms with Crippen molar-refractivity contribution in [3.05, 3.63) is 33.2 Å². The lowest BCUT2D eigenvalue weighted by atomic mass is 10.2. The molecule has 148 valence electrons. The summed E-state index contributed by atoms with van der Waals surface area (Å²) in [5, 5.41) is 10.1. The molecule has 0 aliphatic carbocycles. The van der Waals surface area contributed by atoms with Gasteiger partial charge in [-0.25, -0.2) is 4.79 Å². The smallest absolute Gasteiger partial charge is 0.465 e. The van der Waals surface area contributed by atoms with Crippen LogP contribution in [0.15, 0.2) is 18.2 Å². The first kappa shape index (κ1) is 20.7. The number of alkyl halides is 7. The van der Waals surface area contributed by atoms with Gasteiger partial charge in [-0.05, 0) is 6.07 Å². The average molecular weight is 421 g/mol. The number of non-ortho nitro benzene ring substituents is 1. The lowest BCUT2D eigenvalue weighted by Gasteiger charge is -2.30. The monoisotopic (exact) mass is 421 g/mol. The van der Waals surface area contributed by atoms with E-state index in [-0.39, 0.29) is 4.70 Å². The Balaban J connectivity index is 2.79. The number of ether oxygens (including phenoxy) is 2. The summed E-state index contributed by atoms with van der Waals surface area (Å²) in [6, 6.07) is 2.40. The number of thiophene rings is 1. The summed E-state index contributed by atoms with van der Waals surface area (Å²) in [7, 11) is 0.773. The number of nitro benzene ring substituents is 1. The molecule has 14 heteroatoms. The van der Waals surface area contributed by atoms with E-state index in [9.17, 15) is 45.6 Å². The summed E-state index contributed by atoms with van der Waals surface area (Å²) in [4.78, 5) is 20.6. The summed E-state index contributed by atoms with van der Waals surface area (Å²) in [5.74, 6) is -9.05. The number of benzene rings is 1. The van der Waals surface area contributed by atoms with Gasteiger partial charge in [-0.2, -0.15) is 30.7 Å². The van der Waals surface area contributed by atoms with E-state index < -0.39 is 50.8 Å².